The Bertz CT molecular complexity index is 633. The van der Waals surface area contributed by atoms with E-state index in [0.717, 1.165) is 0 Å². The quantitative estimate of drug-likeness (QED) is 0.874. The van der Waals surface area contributed by atoms with Crippen LogP contribution >= 0.6 is 11.8 Å². The van der Waals surface area contributed by atoms with E-state index in [2.05, 4.69) is 29.0 Å². The molecule has 0 amide bonds. The summed E-state index contributed by atoms with van der Waals surface area (Å²) in [5.41, 5.74) is 2.46. The molecule has 0 atom stereocenters. The zero-order valence-electron chi connectivity index (χ0n) is 11.7. The van der Waals surface area contributed by atoms with E-state index in [9.17, 15) is 4.79 Å². The summed E-state index contributed by atoms with van der Waals surface area (Å²) in [6, 6.07) is 8.13. The van der Waals surface area contributed by atoms with Gasteiger partial charge in [0.15, 0.2) is 0 Å². The lowest BCUT2D eigenvalue weighted by atomic mass is 10.2. The van der Waals surface area contributed by atoms with Gasteiger partial charge >= 0.3 is 5.97 Å². The van der Waals surface area contributed by atoms with Crippen molar-refractivity contribution in [1.82, 2.24) is 9.97 Å². The molecule has 1 heterocycles. The molecule has 0 aliphatic heterocycles. The number of carboxylic acid groups (broad SMARTS) is 1. The van der Waals surface area contributed by atoms with Crippen molar-refractivity contribution in [2.24, 2.45) is 0 Å². The molecule has 0 fully saturated rings. The van der Waals surface area contributed by atoms with Crippen molar-refractivity contribution in [3.8, 4) is 0 Å². The molecule has 0 unspecified atom stereocenters. The van der Waals surface area contributed by atoms with E-state index >= 15 is 0 Å². The Hall–Kier alpha value is -1.88. The fraction of sp³-hybridized carbons (Fsp3) is 0.267. The number of hydrogen-bond acceptors (Lipinski definition) is 4. The van der Waals surface area contributed by atoms with Crippen LogP contribution in [0.5, 0.6) is 0 Å². The Labute approximate surface area is 122 Å². The highest BCUT2D eigenvalue weighted by Crippen LogP contribution is 2.25. The number of hydrogen-bond donors (Lipinski definition) is 1. The van der Waals surface area contributed by atoms with E-state index in [0.29, 0.717) is 23.0 Å². The van der Waals surface area contributed by atoms with Gasteiger partial charge in [0.1, 0.15) is 11.4 Å². The Morgan fingerprint density at radius 1 is 1.15 bits per heavy atom. The largest absolute Gasteiger partial charge is 0.478 e. The minimum Gasteiger partial charge on any atom is -0.478 e. The third-order valence-corrected chi connectivity index (χ3v) is 4.15. The van der Waals surface area contributed by atoms with Crippen LogP contribution in [0.4, 0.5) is 0 Å². The zero-order chi connectivity index (χ0) is 14.7. The minimum absolute atomic E-state index is 0.203. The summed E-state index contributed by atoms with van der Waals surface area (Å²) in [5.74, 6) is 0.322. The molecule has 104 valence electrons. The van der Waals surface area contributed by atoms with Gasteiger partial charge in [-0.15, -0.1) is 11.8 Å². The summed E-state index contributed by atoms with van der Waals surface area (Å²) in [6.45, 7) is 5.48. The maximum absolute atomic E-state index is 11.1. The highest BCUT2D eigenvalue weighted by Gasteiger charge is 2.14. The smallest absolute Gasteiger partial charge is 0.339 e. The van der Waals surface area contributed by atoms with Crippen LogP contribution in [0.2, 0.25) is 0 Å². The molecule has 5 heteroatoms. The minimum atomic E-state index is -0.974. The van der Waals surface area contributed by atoms with Crippen molar-refractivity contribution < 1.29 is 9.90 Å². The first-order valence-corrected chi connectivity index (χ1v) is 7.23. The summed E-state index contributed by atoms with van der Waals surface area (Å²) in [7, 11) is 0. The second-order valence-corrected chi connectivity index (χ2v) is 5.56. The van der Waals surface area contributed by atoms with Crippen LogP contribution < -0.4 is 0 Å². The molecule has 0 aliphatic carbocycles. The fourth-order valence-electron chi connectivity index (χ4n) is 2.02. The van der Waals surface area contributed by atoms with Crippen molar-refractivity contribution in [2.45, 2.75) is 31.4 Å². The molecule has 1 aromatic carbocycles. The van der Waals surface area contributed by atoms with Gasteiger partial charge in [-0.05, 0) is 32.4 Å². The van der Waals surface area contributed by atoms with Gasteiger partial charge in [0.2, 0.25) is 0 Å². The molecule has 0 saturated heterocycles. The van der Waals surface area contributed by atoms with E-state index in [1.807, 2.05) is 12.1 Å². The van der Waals surface area contributed by atoms with Gasteiger partial charge in [-0.25, -0.2) is 14.8 Å². The number of rotatable bonds is 4. The highest BCUT2D eigenvalue weighted by atomic mass is 32.2. The molecular weight excluding hydrogens is 272 g/mol. The average molecular weight is 288 g/mol. The summed E-state index contributed by atoms with van der Waals surface area (Å²) in [5, 5.41) is 9.10. The van der Waals surface area contributed by atoms with Crippen LogP contribution in [0.1, 0.15) is 33.1 Å². The van der Waals surface area contributed by atoms with Crippen LogP contribution in [0.3, 0.4) is 0 Å². The normalized spacial score (nSPS) is 10.6. The molecule has 2 rings (SSSR count). The second kappa shape index (κ2) is 6.05. The number of nitrogens with zero attached hydrogens (tertiary/aromatic N) is 2. The lowest BCUT2D eigenvalue weighted by Crippen LogP contribution is -2.09. The standard InChI is InChI=1S/C15H16N2O2S/c1-9-6-4-5-7-12(9)20-8-13-16-10(2)14(15(18)19)11(3)17-13/h4-7H,8H2,1-3H3,(H,18,19). The van der Waals surface area contributed by atoms with Gasteiger partial charge in [0.05, 0.1) is 17.1 Å². The van der Waals surface area contributed by atoms with Crippen molar-refractivity contribution >= 4 is 17.7 Å². The van der Waals surface area contributed by atoms with Crippen LogP contribution in [-0.2, 0) is 5.75 Å². The molecule has 0 spiro atoms. The van der Waals surface area contributed by atoms with E-state index in [1.165, 1.54) is 10.5 Å². The molecule has 4 nitrogen and oxygen atoms in total. The average Bonchev–Trinajstić information content (AvgIpc) is 2.36. The Morgan fingerprint density at radius 3 is 2.30 bits per heavy atom. The lowest BCUT2D eigenvalue weighted by molar-refractivity contribution is 0.0694. The first-order chi connectivity index (χ1) is 9.49. The van der Waals surface area contributed by atoms with Crippen LogP contribution in [0, 0.1) is 20.8 Å². The molecule has 20 heavy (non-hydrogen) atoms. The first kappa shape index (κ1) is 14.5. The van der Waals surface area contributed by atoms with Crippen molar-refractivity contribution in [1.29, 1.82) is 0 Å². The predicted octanol–water partition coefficient (Wildman–Crippen LogP) is 3.39. The lowest BCUT2D eigenvalue weighted by Gasteiger charge is -2.08. The summed E-state index contributed by atoms with van der Waals surface area (Å²) in [6.07, 6.45) is 0. The SMILES string of the molecule is Cc1ccccc1SCc1nc(C)c(C(=O)O)c(C)n1. The summed E-state index contributed by atoms with van der Waals surface area (Å²) >= 11 is 1.66. The number of carbonyl (C=O) groups is 1. The number of aryl methyl sites for hydroxylation is 3. The van der Waals surface area contributed by atoms with Gasteiger partial charge in [-0.2, -0.15) is 0 Å². The third-order valence-electron chi connectivity index (χ3n) is 2.98. The molecule has 0 radical (unpaired) electrons. The highest BCUT2D eigenvalue weighted by molar-refractivity contribution is 7.98. The molecule has 0 aliphatic rings. The Morgan fingerprint density at radius 2 is 1.75 bits per heavy atom. The van der Waals surface area contributed by atoms with E-state index in [1.54, 1.807) is 25.6 Å². The Kier molecular flexibility index (Phi) is 4.39. The zero-order valence-corrected chi connectivity index (χ0v) is 12.5. The second-order valence-electron chi connectivity index (χ2n) is 4.54. The van der Waals surface area contributed by atoms with Gasteiger partial charge in [-0.3, -0.25) is 0 Å². The molecule has 2 aromatic rings. The number of aromatic carboxylic acids is 1. The van der Waals surface area contributed by atoms with Crippen LogP contribution in [0.15, 0.2) is 29.2 Å². The van der Waals surface area contributed by atoms with Gasteiger partial charge in [-0.1, -0.05) is 18.2 Å². The molecule has 0 bridgehead atoms. The third kappa shape index (κ3) is 3.17. The molecule has 1 N–H and O–H groups in total. The van der Waals surface area contributed by atoms with Crippen molar-refractivity contribution in [3.63, 3.8) is 0 Å². The maximum atomic E-state index is 11.1. The van der Waals surface area contributed by atoms with Gasteiger partial charge in [0.25, 0.3) is 0 Å². The predicted molar refractivity (Wildman–Crippen MR) is 79.2 cm³/mol. The number of thioether (sulfide) groups is 1. The van der Waals surface area contributed by atoms with Crippen molar-refractivity contribution in [3.05, 3.63) is 52.6 Å². The Balaban J connectivity index is 2.19. The number of aromatic nitrogens is 2. The van der Waals surface area contributed by atoms with Gasteiger partial charge < -0.3 is 5.11 Å². The topological polar surface area (TPSA) is 63.1 Å². The molecule has 1 aromatic heterocycles. The summed E-state index contributed by atoms with van der Waals surface area (Å²) < 4.78 is 0. The number of carboxylic acids is 1. The molecular formula is C15H16N2O2S. The van der Waals surface area contributed by atoms with Crippen LogP contribution in [-0.4, -0.2) is 21.0 Å². The van der Waals surface area contributed by atoms with Crippen LogP contribution in [0.25, 0.3) is 0 Å². The van der Waals surface area contributed by atoms with Gasteiger partial charge in [0, 0.05) is 4.90 Å². The first-order valence-electron chi connectivity index (χ1n) is 6.25. The van der Waals surface area contributed by atoms with Crippen molar-refractivity contribution in [2.75, 3.05) is 0 Å². The fourth-order valence-corrected chi connectivity index (χ4v) is 2.90. The number of benzene rings is 1. The van der Waals surface area contributed by atoms with E-state index in [-0.39, 0.29) is 5.56 Å². The van der Waals surface area contributed by atoms with E-state index < -0.39 is 5.97 Å². The summed E-state index contributed by atoms with van der Waals surface area (Å²) in [4.78, 5) is 20.9. The maximum Gasteiger partial charge on any atom is 0.339 e. The molecule has 0 saturated carbocycles. The monoisotopic (exact) mass is 288 g/mol. The van der Waals surface area contributed by atoms with E-state index in [4.69, 9.17) is 5.11 Å².